The zero-order valence-electron chi connectivity index (χ0n) is 14.1. The van der Waals surface area contributed by atoms with Gasteiger partial charge in [0.15, 0.2) is 6.10 Å². The lowest BCUT2D eigenvalue weighted by Gasteiger charge is -2.15. The van der Waals surface area contributed by atoms with E-state index in [-0.39, 0.29) is 5.91 Å². The number of amides is 1. The standard InChI is InChI=1S/C19H22ClNO3/c1-13-7-8-18(14(2)11-13)23-10-9-21-19(22)15(3)24-17-6-4-5-16(20)12-17/h4-8,11-12,15H,9-10H2,1-3H3,(H,21,22)/t15-/m0/s1. The number of benzene rings is 2. The van der Waals surface area contributed by atoms with E-state index in [2.05, 4.69) is 11.4 Å². The van der Waals surface area contributed by atoms with Crippen LogP contribution in [0.5, 0.6) is 11.5 Å². The molecule has 0 heterocycles. The minimum absolute atomic E-state index is 0.195. The molecule has 2 aromatic rings. The summed E-state index contributed by atoms with van der Waals surface area (Å²) >= 11 is 5.89. The van der Waals surface area contributed by atoms with Crippen LogP contribution < -0.4 is 14.8 Å². The number of hydrogen-bond donors (Lipinski definition) is 1. The summed E-state index contributed by atoms with van der Waals surface area (Å²) in [7, 11) is 0. The van der Waals surface area contributed by atoms with E-state index < -0.39 is 6.10 Å². The first-order valence-electron chi connectivity index (χ1n) is 7.85. The summed E-state index contributed by atoms with van der Waals surface area (Å²) in [6, 6.07) is 13.0. The summed E-state index contributed by atoms with van der Waals surface area (Å²) in [6.45, 7) is 6.55. The van der Waals surface area contributed by atoms with E-state index in [0.717, 1.165) is 11.3 Å². The Morgan fingerprint density at radius 3 is 2.71 bits per heavy atom. The molecule has 0 unspecified atom stereocenters. The summed E-state index contributed by atoms with van der Waals surface area (Å²) in [5.41, 5.74) is 2.28. The van der Waals surface area contributed by atoms with Crippen LogP contribution >= 0.6 is 11.6 Å². The van der Waals surface area contributed by atoms with E-state index in [1.807, 2.05) is 26.0 Å². The van der Waals surface area contributed by atoms with Gasteiger partial charge in [-0.25, -0.2) is 0 Å². The van der Waals surface area contributed by atoms with E-state index in [1.165, 1.54) is 5.56 Å². The highest BCUT2D eigenvalue weighted by Gasteiger charge is 2.14. The molecule has 0 aliphatic rings. The smallest absolute Gasteiger partial charge is 0.260 e. The fourth-order valence-corrected chi connectivity index (χ4v) is 2.42. The number of rotatable bonds is 7. The normalized spacial score (nSPS) is 11.7. The third kappa shape index (κ3) is 5.46. The number of carbonyl (C=O) groups excluding carboxylic acids is 1. The van der Waals surface area contributed by atoms with Crippen molar-refractivity contribution in [3.63, 3.8) is 0 Å². The number of carbonyl (C=O) groups is 1. The maximum atomic E-state index is 12.0. The van der Waals surface area contributed by atoms with E-state index >= 15 is 0 Å². The Morgan fingerprint density at radius 1 is 1.21 bits per heavy atom. The monoisotopic (exact) mass is 347 g/mol. The number of aryl methyl sites for hydroxylation is 2. The molecule has 0 aliphatic carbocycles. The van der Waals surface area contributed by atoms with Crippen LogP contribution in [-0.4, -0.2) is 25.2 Å². The number of nitrogens with one attached hydrogen (secondary N) is 1. The summed E-state index contributed by atoms with van der Waals surface area (Å²) in [6.07, 6.45) is -0.607. The third-order valence-electron chi connectivity index (χ3n) is 3.47. The van der Waals surface area contributed by atoms with Crippen molar-refractivity contribution in [1.82, 2.24) is 5.32 Å². The van der Waals surface area contributed by atoms with Crippen molar-refractivity contribution < 1.29 is 14.3 Å². The molecule has 2 aromatic carbocycles. The summed E-state index contributed by atoms with van der Waals surface area (Å²) in [4.78, 5) is 12.0. The molecule has 1 amide bonds. The first-order valence-corrected chi connectivity index (χ1v) is 8.23. The van der Waals surface area contributed by atoms with Crippen LogP contribution in [-0.2, 0) is 4.79 Å². The first-order chi connectivity index (χ1) is 11.5. The average molecular weight is 348 g/mol. The Labute approximate surface area is 147 Å². The van der Waals surface area contributed by atoms with Crippen molar-refractivity contribution in [1.29, 1.82) is 0 Å². The Bertz CT molecular complexity index is 703. The van der Waals surface area contributed by atoms with Crippen LogP contribution in [0.2, 0.25) is 5.02 Å². The Balaban J connectivity index is 1.74. The second kappa shape index (κ2) is 8.60. The van der Waals surface area contributed by atoms with Gasteiger partial charge in [0, 0.05) is 5.02 Å². The zero-order chi connectivity index (χ0) is 17.5. The highest BCUT2D eigenvalue weighted by molar-refractivity contribution is 6.30. The Kier molecular flexibility index (Phi) is 6.50. The van der Waals surface area contributed by atoms with Crippen molar-refractivity contribution in [3.8, 4) is 11.5 Å². The van der Waals surface area contributed by atoms with Crippen molar-refractivity contribution >= 4 is 17.5 Å². The molecule has 128 valence electrons. The van der Waals surface area contributed by atoms with Gasteiger partial charge in [-0.2, -0.15) is 0 Å². The van der Waals surface area contributed by atoms with E-state index in [1.54, 1.807) is 31.2 Å². The van der Waals surface area contributed by atoms with Gasteiger partial charge in [0.1, 0.15) is 18.1 Å². The van der Waals surface area contributed by atoms with Gasteiger partial charge in [0.05, 0.1) is 6.54 Å². The van der Waals surface area contributed by atoms with Crippen LogP contribution in [0, 0.1) is 13.8 Å². The van der Waals surface area contributed by atoms with Crippen molar-refractivity contribution in [2.24, 2.45) is 0 Å². The molecule has 2 rings (SSSR count). The van der Waals surface area contributed by atoms with Gasteiger partial charge in [-0.1, -0.05) is 35.4 Å². The second-order valence-electron chi connectivity index (χ2n) is 5.63. The van der Waals surface area contributed by atoms with Gasteiger partial charge in [-0.05, 0) is 50.6 Å². The topological polar surface area (TPSA) is 47.6 Å². The third-order valence-corrected chi connectivity index (χ3v) is 3.70. The number of hydrogen-bond acceptors (Lipinski definition) is 3. The molecule has 0 fully saturated rings. The molecule has 24 heavy (non-hydrogen) atoms. The molecule has 0 bridgehead atoms. The summed E-state index contributed by atoms with van der Waals surface area (Å²) < 4.78 is 11.3. The van der Waals surface area contributed by atoms with Crippen molar-refractivity contribution in [3.05, 3.63) is 58.6 Å². The van der Waals surface area contributed by atoms with Gasteiger partial charge >= 0.3 is 0 Å². The molecule has 5 heteroatoms. The molecule has 1 N–H and O–H groups in total. The minimum Gasteiger partial charge on any atom is -0.491 e. The molecule has 0 aliphatic heterocycles. The highest BCUT2D eigenvalue weighted by Crippen LogP contribution is 2.19. The lowest BCUT2D eigenvalue weighted by Crippen LogP contribution is -2.38. The molecule has 0 spiro atoms. The van der Waals surface area contributed by atoms with Gasteiger partial charge in [0.2, 0.25) is 0 Å². The fourth-order valence-electron chi connectivity index (χ4n) is 2.24. The second-order valence-corrected chi connectivity index (χ2v) is 6.06. The van der Waals surface area contributed by atoms with Gasteiger partial charge in [0.25, 0.3) is 5.91 Å². The quantitative estimate of drug-likeness (QED) is 0.772. The lowest BCUT2D eigenvalue weighted by molar-refractivity contribution is -0.127. The number of halogens is 1. The minimum atomic E-state index is -0.607. The molecule has 0 radical (unpaired) electrons. The van der Waals surface area contributed by atoms with Crippen LogP contribution in [0.1, 0.15) is 18.1 Å². The van der Waals surface area contributed by atoms with E-state index in [9.17, 15) is 4.79 Å². The zero-order valence-corrected chi connectivity index (χ0v) is 14.9. The predicted octanol–water partition coefficient (Wildman–Crippen LogP) is 3.92. The summed E-state index contributed by atoms with van der Waals surface area (Å²) in [5.74, 6) is 1.20. The maximum absolute atomic E-state index is 12.0. The van der Waals surface area contributed by atoms with E-state index in [4.69, 9.17) is 21.1 Å². The largest absolute Gasteiger partial charge is 0.491 e. The molecular weight excluding hydrogens is 326 g/mol. The molecular formula is C19H22ClNO3. The first kappa shape index (κ1) is 18.1. The molecule has 4 nitrogen and oxygen atoms in total. The molecule has 1 atom stereocenters. The van der Waals surface area contributed by atoms with Crippen LogP contribution in [0.15, 0.2) is 42.5 Å². The molecule has 0 aromatic heterocycles. The van der Waals surface area contributed by atoms with E-state index in [0.29, 0.717) is 23.9 Å². The highest BCUT2D eigenvalue weighted by atomic mass is 35.5. The van der Waals surface area contributed by atoms with Crippen LogP contribution in [0.4, 0.5) is 0 Å². The number of ether oxygens (including phenoxy) is 2. The van der Waals surface area contributed by atoms with Gasteiger partial charge in [-0.3, -0.25) is 4.79 Å². The summed E-state index contributed by atoms with van der Waals surface area (Å²) in [5, 5.41) is 3.37. The lowest BCUT2D eigenvalue weighted by atomic mass is 10.1. The molecule has 0 saturated carbocycles. The van der Waals surface area contributed by atoms with Crippen LogP contribution in [0.3, 0.4) is 0 Å². The fraction of sp³-hybridized carbons (Fsp3) is 0.316. The predicted molar refractivity (Wildman–Crippen MR) is 96.0 cm³/mol. The average Bonchev–Trinajstić information content (AvgIpc) is 2.53. The van der Waals surface area contributed by atoms with Crippen molar-refractivity contribution in [2.75, 3.05) is 13.2 Å². The van der Waals surface area contributed by atoms with Gasteiger partial charge in [-0.15, -0.1) is 0 Å². The Morgan fingerprint density at radius 2 is 2.00 bits per heavy atom. The maximum Gasteiger partial charge on any atom is 0.260 e. The Hall–Kier alpha value is -2.20. The SMILES string of the molecule is Cc1ccc(OCCNC(=O)[C@H](C)Oc2cccc(Cl)c2)c(C)c1. The van der Waals surface area contributed by atoms with Crippen molar-refractivity contribution in [2.45, 2.75) is 26.9 Å². The van der Waals surface area contributed by atoms with Crippen LogP contribution in [0.25, 0.3) is 0 Å². The molecule has 0 saturated heterocycles. The van der Waals surface area contributed by atoms with Gasteiger partial charge < -0.3 is 14.8 Å².